The molecule has 0 aliphatic carbocycles. The molecule has 0 saturated carbocycles. The summed E-state index contributed by atoms with van der Waals surface area (Å²) in [5, 5.41) is 2.66. The smallest absolute Gasteiger partial charge is 0.253 e. The van der Waals surface area contributed by atoms with Crippen LogP contribution >= 0.6 is 0 Å². The largest absolute Gasteiger partial charge is 0.366 e. The second-order valence-electron chi connectivity index (χ2n) is 5.87. The highest BCUT2D eigenvalue weighted by molar-refractivity contribution is 5.96. The molecule has 2 heterocycles. The topological polar surface area (TPSA) is 82.3 Å². The molecule has 2 amide bonds. The summed E-state index contributed by atoms with van der Waals surface area (Å²) in [5.74, 6) is -0.603. The van der Waals surface area contributed by atoms with Crippen LogP contribution in [0.4, 0.5) is 5.69 Å². The van der Waals surface area contributed by atoms with Gasteiger partial charge in [-0.1, -0.05) is 18.2 Å². The normalized spacial score (nSPS) is 17.3. The Bertz CT molecular complexity index is 785. The molecule has 124 valence electrons. The molecule has 2 aromatic rings. The molecule has 0 spiro atoms. The summed E-state index contributed by atoms with van der Waals surface area (Å²) in [5.41, 5.74) is 0.613. The number of benzene rings is 1. The van der Waals surface area contributed by atoms with Crippen molar-refractivity contribution in [3.05, 3.63) is 64.6 Å². The second kappa shape index (κ2) is 7.12. The van der Waals surface area contributed by atoms with Crippen molar-refractivity contribution in [1.82, 2.24) is 9.88 Å². The molecule has 1 aromatic carbocycles. The van der Waals surface area contributed by atoms with Gasteiger partial charge in [0.05, 0.1) is 5.92 Å². The van der Waals surface area contributed by atoms with Crippen molar-refractivity contribution in [2.45, 2.75) is 12.8 Å². The molecule has 2 N–H and O–H groups in total. The first-order valence-electron chi connectivity index (χ1n) is 7.97. The van der Waals surface area contributed by atoms with Crippen LogP contribution in [0.15, 0.2) is 53.6 Å². The van der Waals surface area contributed by atoms with E-state index in [1.807, 2.05) is 18.2 Å². The van der Waals surface area contributed by atoms with Crippen LogP contribution in [0.5, 0.6) is 0 Å². The minimum Gasteiger partial charge on any atom is -0.366 e. The Morgan fingerprint density at radius 1 is 1.17 bits per heavy atom. The fourth-order valence-corrected chi connectivity index (χ4v) is 2.89. The lowest BCUT2D eigenvalue weighted by molar-refractivity contribution is -0.121. The fraction of sp³-hybridized carbons (Fsp3) is 0.278. The Morgan fingerprint density at radius 3 is 2.71 bits per heavy atom. The average Bonchev–Trinajstić information content (AvgIpc) is 2.64. The van der Waals surface area contributed by atoms with Crippen molar-refractivity contribution in [2.24, 2.45) is 5.92 Å². The van der Waals surface area contributed by atoms with Gasteiger partial charge in [-0.3, -0.25) is 14.4 Å². The van der Waals surface area contributed by atoms with E-state index in [0.29, 0.717) is 25.1 Å². The van der Waals surface area contributed by atoms with Crippen LogP contribution in [0, 0.1) is 5.92 Å². The lowest BCUT2D eigenvalue weighted by atomic mass is 9.96. The molecule has 0 bridgehead atoms. The predicted molar refractivity (Wildman–Crippen MR) is 90.8 cm³/mol. The summed E-state index contributed by atoms with van der Waals surface area (Å²) in [6.07, 6.45) is 4.45. The quantitative estimate of drug-likeness (QED) is 0.904. The number of aromatic amines is 1. The molecular weight excluding hydrogens is 306 g/mol. The number of anilines is 1. The van der Waals surface area contributed by atoms with Crippen molar-refractivity contribution in [3.63, 3.8) is 0 Å². The van der Waals surface area contributed by atoms with Crippen LogP contribution < -0.4 is 10.7 Å². The number of aromatic nitrogens is 1. The number of carbonyl (C=O) groups excluding carboxylic acids is 2. The number of piperidine rings is 1. The summed E-state index contributed by atoms with van der Waals surface area (Å²) < 4.78 is 0. The van der Waals surface area contributed by atoms with Crippen molar-refractivity contribution in [2.75, 3.05) is 18.4 Å². The van der Waals surface area contributed by atoms with Gasteiger partial charge in [0.1, 0.15) is 5.69 Å². The van der Waals surface area contributed by atoms with Crippen molar-refractivity contribution >= 4 is 17.5 Å². The van der Waals surface area contributed by atoms with E-state index in [1.54, 1.807) is 17.0 Å². The third-order valence-electron chi connectivity index (χ3n) is 4.18. The van der Waals surface area contributed by atoms with Crippen LogP contribution in [0.25, 0.3) is 0 Å². The molecule has 1 unspecified atom stereocenters. The van der Waals surface area contributed by atoms with E-state index < -0.39 is 0 Å². The van der Waals surface area contributed by atoms with Crippen LogP contribution in [-0.2, 0) is 4.79 Å². The molecule has 1 aromatic heterocycles. The molecule has 3 rings (SSSR count). The predicted octanol–water partition coefficient (Wildman–Crippen LogP) is 1.87. The van der Waals surface area contributed by atoms with Gasteiger partial charge in [0, 0.05) is 37.1 Å². The highest BCUT2D eigenvalue weighted by Gasteiger charge is 2.29. The summed E-state index contributed by atoms with van der Waals surface area (Å²) in [4.78, 5) is 41.1. The number of hydrogen-bond donors (Lipinski definition) is 2. The SMILES string of the molecule is O=C(Nc1c[nH]ccc1=O)C1CCCN(C(=O)c2ccccc2)C1. The van der Waals surface area contributed by atoms with Crippen molar-refractivity contribution < 1.29 is 9.59 Å². The number of pyridine rings is 1. The zero-order valence-electron chi connectivity index (χ0n) is 13.2. The summed E-state index contributed by atoms with van der Waals surface area (Å²) >= 11 is 0. The second-order valence-corrected chi connectivity index (χ2v) is 5.87. The number of rotatable bonds is 3. The first kappa shape index (κ1) is 16.0. The van der Waals surface area contributed by atoms with Gasteiger partial charge in [0.2, 0.25) is 11.3 Å². The van der Waals surface area contributed by atoms with Gasteiger partial charge >= 0.3 is 0 Å². The Labute approximate surface area is 139 Å². The maximum atomic E-state index is 12.5. The average molecular weight is 325 g/mol. The first-order chi connectivity index (χ1) is 11.6. The van der Waals surface area contributed by atoms with Crippen molar-refractivity contribution in [3.8, 4) is 0 Å². The standard InChI is InChI=1S/C18H19N3O3/c22-16-8-9-19-11-15(16)20-17(23)14-7-4-10-21(12-14)18(24)13-5-2-1-3-6-13/h1-3,5-6,8-9,11,14H,4,7,10,12H2,(H,19,22)(H,20,23). The van der Waals surface area contributed by atoms with E-state index in [1.165, 1.54) is 18.5 Å². The lowest BCUT2D eigenvalue weighted by Crippen LogP contribution is -2.44. The Morgan fingerprint density at radius 2 is 1.96 bits per heavy atom. The van der Waals surface area contributed by atoms with E-state index in [2.05, 4.69) is 10.3 Å². The molecule has 1 atom stereocenters. The number of nitrogens with zero attached hydrogens (tertiary/aromatic N) is 1. The summed E-state index contributed by atoms with van der Waals surface area (Å²) in [6.45, 7) is 1.01. The number of nitrogens with one attached hydrogen (secondary N) is 2. The maximum absolute atomic E-state index is 12.5. The van der Waals surface area contributed by atoms with Gasteiger partial charge in [-0.05, 0) is 25.0 Å². The number of hydrogen-bond acceptors (Lipinski definition) is 3. The molecule has 24 heavy (non-hydrogen) atoms. The highest BCUT2D eigenvalue weighted by atomic mass is 16.2. The zero-order chi connectivity index (χ0) is 16.9. The minimum atomic E-state index is -0.314. The molecule has 1 saturated heterocycles. The monoisotopic (exact) mass is 325 g/mol. The highest BCUT2D eigenvalue weighted by Crippen LogP contribution is 2.20. The van der Waals surface area contributed by atoms with Crippen molar-refractivity contribution in [1.29, 1.82) is 0 Å². The van der Waals surface area contributed by atoms with Crippen LogP contribution in [0.1, 0.15) is 23.2 Å². The maximum Gasteiger partial charge on any atom is 0.253 e. The van der Waals surface area contributed by atoms with E-state index in [9.17, 15) is 14.4 Å². The molecule has 6 nitrogen and oxygen atoms in total. The van der Waals surface area contributed by atoms with E-state index in [-0.39, 0.29) is 28.8 Å². The van der Waals surface area contributed by atoms with E-state index in [4.69, 9.17) is 0 Å². The third-order valence-corrected chi connectivity index (χ3v) is 4.18. The van der Waals surface area contributed by atoms with Gasteiger partial charge in [-0.25, -0.2) is 0 Å². The fourth-order valence-electron chi connectivity index (χ4n) is 2.89. The molecule has 6 heteroatoms. The van der Waals surface area contributed by atoms with Gasteiger partial charge in [-0.15, -0.1) is 0 Å². The van der Waals surface area contributed by atoms with Gasteiger partial charge < -0.3 is 15.2 Å². The lowest BCUT2D eigenvalue weighted by Gasteiger charge is -2.32. The summed E-state index contributed by atoms with van der Waals surface area (Å²) in [7, 11) is 0. The Balaban J connectivity index is 1.67. The molecule has 1 aliphatic rings. The molecule has 0 radical (unpaired) electrons. The minimum absolute atomic E-state index is 0.0642. The van der Waals surface area contributed by atoms with Crippen LogP contribution in [0.2, 0.25) is 0 Å². The number of amides is 2. The van der Waals surface area contributed by atoms with Gasteiger partial charge in [0.25, 0.3) is 5.91 Å². The molecular formula is C18H19N3O3. The summed E-state index contributed by atoms with van der Waals surface area (Å²) in [6, 6.07) is 10.4. The number of H-pyrrole nitrogens is 1. The van der Waals surface area contributed by atoms with Crippen LogP contribution in [-0.4, -0.2) is 34.8 Å². The van der Waals surface area contributed by atoms with E-state index >= 15 is 0 Å². The third kappa shape index (κ3) is 3.53. The van der Waals surface area contributed by atoms with Gasteiger partial charge in [0.15, 0.2) is 0 Å². The van der Waals surface area contributed by atoms with Gasteiger partial charge in [-0.2, -0.15) is 0 Å². The number of likely N-dealkylation sites (tertiary alicyclic amines) is 1. The molecule has 1 fully saturated rings. The van der Waals surface area contributed by atoms with Crippen LogP contribution in [0.3, 0.4) is 0 Å². The van der Waals surface area contributed by atoms with E-state index in [0.717, 1.165) is 6.42 Å². The first-order valence-corrected chi connectivity index (χ1v) is 7.97. The Hall–Kier alpha value is -2.89. The Kier molecular flexibility index (Phi) is 4.74. The molecule has 1 aliphatic heterocycles. The zero-order valence-corrected chi connectivity index (χ0v) is 13.2. The number of carbonyl (C=O) groups is 2.